The lowest BCUT2D eigenvalue weighted by atomic mass is 10.0. The molecule has 7 heteroatoms. The smallest absolute Gasteiger partial charge is 0.254 e. The number of carbonyl (C=O) groups excluding carboxylic acids is 1. The van der Waals surface area contributed by atoms with E-state index >= 15 is 0 Å². The van der Waals surface area contributed by atoms with Crippen molar-refractivity contribution in [3.8, 4) is 11.4 Å². The van der Waals surface area contributed by atoms with Crippen LogP contribution in [0.2, 0.25) is 0 Å². The van der Waals surface area contributed by atoms with Gasteiger partial charge in [-0.05, 0) is 19.3 Å². The van der Waals surface area contributed by atoms with E-state index < -0.39 is 6.10 Å². The van der Waals surface area contributed by atoms with Gasteiger partial charge in [0, 0.05) is 12.1 Å². The summed E-state index contributed by atoms with van der Waals surface area (Å²) in [5, 5.41) is 4.09. The molecule has 4 rings (SSSR count). The summed E-state index contributed by atoms with van der Waals surface area (Å²) < 4.78 is 16.4. The molecule has 7 nitrogen and oxygen atoms in total. The van der Waals surface area contributed by atoms with Gasteiger partial charge >= 0.3 is 0 Å². The van der Waals surface area contributed by atoms with Gasteiger partial charge in [0.2, 0.25) is 11.7 Å². The first kappa shape index (κ1) is 16.2. The van der Waals surface area contributed by atoms with Crippen molar-refractivity contribution in [2.24, 2.45) is 0 Å². The Labute approximate surface area is 145 Å². The number of aromatic nitrogens is 2. The second kappa shape index (κ2) is 7.33. The highest BCUT2D eigenvalue weighted by Crippen LogP contribution is 2.32. The van der Waals surface area contributed by atoms with Gasteiger partial charge in [0.25, 0.3) is 5.91 Å². The fourth-order valence-corrected chi connectivity index (χ4v) is 3.34. The minimum absolute atomic E-state index is 0.0520. The van der Waals surface area contributed by atoms with Crippen molar-refractivity contribution in [1.82, 2.24) is 15.0 Å². The monoisotopic (exact) mass is 343 g/mol. The van der Waals surface area contributed by atoms with E-state index in [9.17, 15) is 4.79 Å². The SMILES string of the molecule is O=C([C@@H]1COCCO1)N1CCCC[C@@H]1c1nc(-c2ccccc2)no1. The van der Waals surface area contributed by atoms with Crippen LogP contribution in [0.15, 0.2) is 34.9 Å². The zero-order valence-electron chi connectivity index (χ0n) is 14.0. The molecule has 0 bridgehead atoms. The summed E-state index contributed by atoms with van der Waals surface area (Å²) in [7, 11) is 0. The third-order valence-corrected chi connectivity index (χ3v) is 4.64. The van der Waals surface area contributed by atoms with Crippen molar-refractivity contribution in [2.75, 3.05) is 26.4 Å². The molecule has 0 N–H and O–H groups in total. The molecule has 0 spiro atoms. The molecule has 132 valence electrons. The van der Waals surface area contributed by atoms with E-state index in [0.29, 0.717) is 38.1 Å². The molecule has 3 heterocycles. The first-order chi connectivity index (χ1) is 12.3. The quantitative estimate of drug-likeness (QED) is 0.850. The molecule has 1 aromatic carbocycles. The number of hydrogen-bond donors (Lipinski definition) is 0. The molecule has 2 saturated heterocycles. The van der Waals surface area contributed by atoms with Crippen molar-refractivity contribution in [3.05, 3.63) is 36.2 Å². The fraction of sp³-hybridized carbons (Fsp3) is 0.500. The summed E-state index contributed by atoms with van der Waals surface area (Å²) in [5.74, 6) is 0.985. The van der Waals surface area contributed by atoms with Crippen molar-refractivity contribution >= 4 is 5.91 Å². The van der Waals surface area contributed by atoms with Crippen molar-refractivity contribution < 1.29 is 18.8 Å². The second-order valence-corrected chi connectivity index (χ2v) is 6.30. The maximum absolute atomic E-state index is 12.8. The van der Waals surface area contributed by atoms with Crippen molar-refractivity contribution in [2.45, 2.75) is 31.4 Å². The summed E-state index contributed by atoms with van der Waals surface area (Å²) in [6, 6.07) is 9.48. The van der Waals surface area contributed by atoms with E-state index in [1.165, 1.54) is 0 Å². The van der Waals surface area contributed by atoms with Crippen LogP contribution in [0.25, 0.3) is 11.4 Å². The van der Waals surface area contributed by atoms with Gasteiger partial charge in [0.15, 0.2) is 6.10 Å². The Morgan fingerprint density at radius 2 is 2.04 bits per heavy atom. The van der Waals surface area contributed by atoms with E-state index in [1.54, 1.807) is 0 Å². The van der Waals surface area contributed by atoms with Crippen LogP contribution in [0.1, 0.15) is 31.2 Å². The number of benzene rings is 1. The normalized spacial score (nSPS) is 24.2. The van der Waals surface area contributed by atoms with Crippen LogP contribution in [-0.2, 0) is 14.3 Å². The number of amides is 1. The Morgan fingerprint density at radius 3 is 2.84 bits per heavy atom. The molecular weight excluding hydrogens is 322 g/mol. The molecule has 0 saturated carbocycles. The average Bonchev–Trinajstić information content (AvgIpc) is 3.19. The van der Waals surface area contributed by atoms with Gasteiger partial charge in [-0.25, -0.2) is 0 Å². The standard InChI is InChI=1S/C18H21N3O4/c22-18(15-12-23-10-11-24-15)21-9-5-4-8-14(21)17-19-16(20-25-17)13-6-2-1-3-7-13/h1-3,6-7,14-15H,4-5,8-12H2/t14-,15+/m1/s1. The van der Waals surface area contributed by atoms with E-state index in [4.69, 9.17) is 14.0 Å². The maximum Gasteiger partial charge on any atom is 0.254 e. The Kier molecular flexibility index (Phi) is 4.76. The number of hydrogen-bond acceptors (Lipinski definition) is 6. The van der Waals surface area contributed by atoms with Gasteiger partial charge in [0.1, 0.15) is 6.04 Å². The Balaban J connectivity index is 1.55. The van der Waals surface area contributed by atoms with Crippen LogP contribution < -0.4 is 0 Å². The van der Waals surface area contributed by atoms with Gasteiger partial charge in [-0.2, -0.15) is 4.98 Å². The molecule has 25 heavy (non-hydrogen) atoms. The van der Waals surface area contributed by atoms with E-state index in [0.717, 1.165) is 24.8 Å². The van der Waals surface area contributed by atoms with E-state index in [-0.39, 0.29) is 11.9 Å². The highest BCUT2D eigenvalue weighted by Gasteiger charge is 2.36. The molecule has 0 radical (unpaired) electrons. The van der Waals surface area contributed by atoms with Crippen LogP contribution >= 0.6 is 0 Å². The van der Waals surface area contributed by atoms with E-state index in [1.807, 2.05) is 35.2 Å². The molecule has 0 unspecified atom stereocenters. The molecular formula is C18H21N3O4. The summed E-state index contributed by atoms with van der Waals surface area (Å²) in [6.07, 6.45) is 2.27. The number of ether oxygens (including phenoxy) is 2. The topological polar surface area (TPSA) is 77.7 Å². The molecule has 2 fully saturated rings. The average molecular weight is 343 g/mol. The largest absolute Gasteiger partial charge is 0.376 e. The summed E-state index contributed by atoms with van der Waals surface area (Å²) in [4.78, 5) is 19.2. The molecule has 2 aliphatic heterocycles. The number of nitrogens with zero attached hydrogens (tertiary/aromatic N) is 3. The van der Waals surface area contributed by atoms with Gasteiger partial charge in [-0.3, -0.25) is 4.79 Å². The van der Waals surface area contributed by atoms with Crippen LogP contribution in [0.3, 0.4) is 0 Å². The maximum atomic E-state index is 12.8. The molecule has 2 aliphatic rings. The zero-order valence-corrected chi connectivity index (χ0v) is 14.0. The number of likely N-dealkylation sites (tertiary alicyclic amines) is 1. The number of rotatable bonds is 3. The second-order valence-electron chi connectivity index (χ2n) is 6.30. The highest BCUT2D eigenvalue weighted by molar-refractivity contribution is 5.81. The van der Waals surface area contributed by atoms with Gasteiger partial charge in [0.05, 0.1) is 19.8 Å². The fourth-order valence-electron chi connectivity index (χ4n) is 3.34. The number of carbonyl (C=O) groups is 1. The lowest BCUT2D eigenvalue weighted by molar-refractivity contribution is -0.162. The van der Waals surface area contributed by atoms with E-state index in [2.05, 4.69) is 10.1 Å². The molecule has 2 atom stereocenters. The van der Waals surface area contributed by atoms with Gasteiger partial charge in [-0.1, -0.05) is 35.5 Å². The predicted molar refractivity (Wildman–Crippen MR) is 88.6 cm³/mol. The zero-order chi connectivity index (χ0) is 17.1. The molecule has 0 aliphatic carbocycles. The molecule has 1 amide bonds. The Morgan fingerprint density at radius 1 is 1.16 bits per heavy atom. The predicted octanol–water partition coefficient (Wildman–Crippen LogP) is 2.21. The third-order valence-electron chi connectivity index (χ3n) is 4.64. The van der Waals surface area contributed by atoms with Crippen LogP contribution in [-0.4, -0.2) is 53.4 Å². The van der Waals surface area contributed by atoms with Gasteiger partial charge in [-0.15, -0.1) is 0 Å². The first-order valence-electron chi connectivity index (χ1n) is 8.72. The van der Waals surface area contributed by atoms with Crippen LogP contribution in [0, 0.1) is 0 Å². The summed E-state index contributed by atoms with van der Waals surface area (Å²) in [5.41, 5.74) is 0.898. The van der Waals surface area contributed by atoms with Crippen molar-refractivity contribution in [1.29, 1.82) is 0 Å². The Bertz CT molecular complexity index is 712. The lowest BCUT2D eigenvalue weighted by Crippen LogP contribution is -2.48. The van der Waals surface area contributed by atoms with Crippen molar-refractivity contribution in [3.63, 3.8) is 0 Å². The third kappa shape index (κ3) is 3.43. The summed E-state index contributed by atoms with van der Waals surface area (Å²) >= 11 is 0. The van der Waals surface area contributed by atoms with Gasteiger partial charge < -0.3 is 18.9 Å². The Hall–Kier alpha value is -2.25. The first-order valence-corrected chi connectivity index (χ1v) is 8.72. The molecule has 2 aromatic rings. The summed E-state index contributed by atoms with van der Waals surface area (Å²) in [6.45, 7) is 1.97. The highest BCUT2D eigenvalue weighted by atomic mass is 16.6. The number of piperidine rings is 1. The van der Waals surface area contributed by atoms with Crippen LogP contribution in [0.4, 0.5) is 0 Å². The molecule has 1 aromatic heterocycles. The van der Waals surface area contributed by atoms with Crippen LogP contribution in [0.5, 0.6) is 0 Å². The minimum atomic E-state index is -0.536. The lowest BCUT2D eigenvalue weighted by Gasteiger charge is -2.36. The minimum Gasteiger partial charge on any atom is -0.376 e.